The fraction of sp³-hybridized carbons (Fsp3) is 0.591. The van der Waals surface area contributed by atoms with Crippen LogP contribution in [0.3, 0.4) is 0 Å². The van der Waals surface area contributed by atoms with Crippen molar-refractivity contribution < 1.29 is 19.5 Å². The molecule has 29 heavy (non-hydrogen) atoms. The number of nitrogens with zero attached hydrogens (tertiary/aromatic N) is 1. The van der Waals surface area contributed by atoms with Crippen LogP contribution in [0.2, 0.25) is 0 Å². The predicted octanol–water partition coefficient (Wildman–Crippen LogP) is 1.74. The Morgan fingerprint density at radius 2 is 1.90 bits per heavy atom. The van der Waals surface area contributed by atoms with Crippen molar-refractivity contribution in [2.24, 2.45) is 5.73 Å². The SMILES string of the molecule is CC(=O)[C@H](CCc1ccccc1)N[C@@H](CCCCN)C(=O)N1CCC[C@H]1C(=O)O. The Labute approximate surface area is 172 Å². The van der Waals surface area contributed by atoms with Crippen molar-refractivity contribution in [3.63, 3.8) is 0 Å². The quantitative estimate of drug-likeness (QED) is 0.458. The molecule has 1 heterocycles. The summed E-state index contributed by atoms with van der Waals surface area (Å²) in [5.41, 5.74) is 6.72. The molecule has 7 heteroatoms. The molecular formula is C22H33N3O4. The topological polar surface area (TPSA) is 113 Å². The van der Waals surface area contributed by atoms with Gasteiger partial charge in [0.15, 0.2) is 0 Å². The predicted molar refractivity (Wildman–Crippen MR) is 111 cm³/mol. The number of nitrogens with two attached hydrogens (primary N) is 1. The van der Waals surface area contributed by atoms with Gasteiger partial charge in [-0.15, -0.1) is 0 Å². The number of aliphatic carboxylic acids is 1. The van der Waals surface area contributed by atoms with E-state index < -0.39 is 24.1 Å². The van der Waals surface area contributed by atoms with Crippen molar-refractivity contribution in [2.45, 2.75) is 70.0 Å². The van der Waals surface area contributed by atoms with Gasteiger partial charge in [0.05, 0.1) is 12.1 Å². The summed E-state index contributed by atoms with van der Waals surface area (Å²) < 4.78 is 0. The van der Waals surface area contributed by atoms with E-state index in [9.17, 15) is 19.5 Å². The molecule has 3 atom stereocenters. The molecule has 0 aliphatic carbocycles. The second-order valence-corrected chi connectivity index (χ2v) is 7.72. The van der Waals surface area contributed by atoms with Gasteiger partial charge in [-0.2, -0.15) is 0 Å². The van der Waals surface area contributed by atoms with E-state index in [1.807, 2.05) is 30.3 Å². The number of amides is 1. The molecule has 1 aromatic carbocycles. The molecular weight excluding hydrogens is 370 g/mol. The van der Waals surface area contributed by atoms with Crippen LogP contribution >= 0.6 is 0 Å². The summed E-state index contributed by atoms with van der Waals surface area (Å²) in [6.45, 7) is 2.51. The van der Waals surface area contributed by atoms with E-state index in [0.717, 1.165) is 24.8 Å². The van der Waals surface area contributed by atoms with Gasteiger partial charge in [0.25, 0.3) is 0 Å². The number of hydrogen-bond acceptors (Lipinski definition) is 5. The lowest BCUT2D eigenvalue weighted by Crippen LogP contribution is -2.54. The Balaban J connectivity index is 2.08. The first kappa shape index (κ1) is 23.0. The first-order chi connectivity index (χ1) is 13.9. The molecule has 1 saturated heterocycles. The number of unbranched alkanes of at least 4 members (excludes halogenated alkanes) is 1. The van der Waals surface area contributed by atoms with Crippen LogP contribution in [0.4, 0.5) is 0 Å². The van der Waals surface area contributed by atoms with Gasteiger partial charge in [-0.05, 0) is 57.6 Å². The molecule has 0 spiro atoms. The lowest BCUT2D eigenvalue weighted by Gasteiger charge is -2.30. The zero-order valence-electron chi connectivity index (χ0n) is 17.2. The third kappa shape index (κ3) is 6.94. The maximum absolute atomic E-state index is 13.1. The fourth-order valence-corrected chi connectivity index (χ4v) is 3.86. The maximum Gasteiger partial charge on any atom is 0.326 e. The standard InChI is InChI=1S/C22H33N3O4/c1-16(26)18(13-12-17-8-3-2-4-9-17)24-19(10-5-6-14-23)21(27)25-15-7-11-20(25)22(28)29/h2-4,8-9,18-20,24H,5-7,10-15,23H2,1H3,(H,28,29)/t18-,19-,20-/m0/s1. The van der Waals surface area contributed by atoms with Crippen molar-refractivity contribution in [3.8, 4) is 0 Å². The molecule has 160 valence electrons. The number of nitrogens with one attached hydrogen (secondary N) is 1. The molecule has 0 aromatic heterocycles. The maximum atomic E-state index is 13.1. The van der Waals surface area contributed by atoms with E-state index in [2.05, 4.69) is 5.32 Å². The van der Waals surface area contributed by atoms with E-state index in [-0.39, 0.29) is 11.7 Å². The minimum absolute atomic E-state index is 0.0197. The van der Waals surface area contributed by atoms with Gasteiger partial charge < -0.3 is 15.7 Å². The van der Waals surface area contributed by atoms with Crippen LogP contribution in [-0.4, -0.2) is 58.9 Å². The molecule has 2 rings (SSSR count). The van der Waals surface area contributed by atoms with Crippen molar-refractivity contribution in [1.29, 1.82) is 0 Å². The van der Waals surface area contributed by atoms with Gasteiger partial charge in [-0.3, -0.25) is 14.9 Å². The highest BCUT2D eigenvalue weighted by atomic mass is 16.4. The lowest BCUT2D eigenvalue weighted by molar-refractivity contribution is -0.149. The van der Waals surface area contributed by atoms with Crippen LogP contribution in [0, 0.1) is 0 Å². The van der Waals surface area contributed by atoms with Gasteiger partial charge in [-0.1, -0.05) is 36.8 Å². The van der Waals surface area contributed by atoms with Crippen molar-refractivity contribution in [3.05, 3.63) is 35.9 Å². The number of aryl methyl sites for hydroxylation is 1. The second kappa shape index (κ2) is 11.7. The van der Waals surface area contributed by atoms with Crippen LogP contribution in [-0.2, 0) is 20.8 Å². The molecule has 1 aliphatic rings. The molecule has 4 N–H and O–H groups in total. The number of hydrogen-bond donors (Lipinski definition) is 3. The minimum Gasteiger partial charge on any atom is -0.480 e. The van der Waals surface area contributed by atoms with E-state index in [4.69, 9.17) is 5.73 Å². The fourth-order valence-electron chi connectivity index (χ4n) is 3.86. The zero-order chi connectivity index (χ0) is 21.2. The van der Waals surface area contributed by atoms with Gasteiger partial charge >= 0.3 is 5.97 Å². The number of rotatable bonds is 12. The van der Waals surface area contributed by atoms with Crippen LogP contribution in [0.1, 0.15) is 51.0 Å². The highest BCUT2D eigenvalue weighted by Crippen LogP contribution is 2.20. The summed E-state index contributed by atoms with van der Waals surface area (Å²) in [6.07, 6.45) is 4.53. The smallest absolute Gasteiger partial charge is 0.326 e. The number of likely N-dealkylation sites (tertiary alicyclic amines) is 1. The van der Waals surface area contributed by atoms with Crippen LogP contribution in [0.5, 0.6) is 0 Å². The number of benzene rings is 1. The number of ketones is 1. The number of carbonyl (C=O) groups is 3. The molecule has 1 aliphatic heterocycles. The summed E-state index contributed by atoms with van der Waals surface area (Å²) in [5.74, 6) is -1.21. The minimum atomic E-state index is -0.969. The number of Topliss-reactive ketones (excluding diaryl/α,β-unsaturated/α-hetero) is 1. The summed E-state index contributed by atoms with van der Waals surface area (Å²) in [4.78, 5) is 38.3. The Morgan fingerprint density at radius 1 is 1.17 bits per heavy atom. The molecule has 1 fully saturated rings. The largest absolute Gasteiger partial charge is 0.480 e. The molecule has 0 saturated carbocycles. The molecule has 1 aromatic rings. The normalized spacial score (nSPS) is 18.4. The molecule has 0 unspecified atom stereocenters. The van der Waals surface area contributed by atoms with Crippen molar-refractivity contribution >= 4 is 17.7 Å². The highest BCUT2D eigenvalue weighted by molar-refractivity contribution is 5.88. The third-order valence-corrected chi connectivity index (χ3v) is 5.52. The summed E-state index contributed by atoms with van der Waals surface area (Å²) in [6, 6.07) is 8.10. The van der Waals surface area contributed by atoms with E-state index in [1.54, 1.807) is 0 Å². The zero-order valence-corrected chi connectivity index (χ0v) is 17.2. The highest BCUT2D eigenvalue weighted by Gasteiger charge is 2.37. The number of carboxylic acids is 1. The molecule has 7 nitrogen and oxygen atoms in total. The molecule has 0 bridgehead atoms. The van der Waals surface area contributed by atoms with Crippen LogP contribution in [0.25, 0.3) is 0 Å². The first-order valence-electron chi connectivity index (χ1n) is 10.5. The van der Waals surface area contributed by atoms with Gasteiger partial charge in [0.1, 0.15) is 11.8 Å². The summed E-state index contributed by atoms with van der Waals surface area (Å²) in [5, 5.41) is 12.7. The Kier molecular flexibility index (Phi) is 9.28. The van der Waals surface area contributed by atoms with Gasteiger partial charge in [-0.25, -0.2) is 4.79 Å². The number of carbonyl (C=O) groups excluding carboxylic acids is 2. The van der Waals surface area contributed by atoms with E-state index in [0.29, 0.717) is 38.8 Å². The monoisotopic (exact) mass is 403 g/mol. The third-order valence-electron chi connectivity index (χ3n) is 5.52. The molecule has 0 radical (unpaired) electrons. The average molecular weight is 404 g/mol. The van der Waals surface area contributed by atoms with Gasteiger partial charge in [0.2, 0.25) is 5.91 Å². The van der Waals surface area contributed by atoms with Crippen molar-refractivity contribution in [1.82, 2.24) is 10.2 Å². The Bertz CT molecular complexity index is 680. The molecule has 1 amide bonds. The first-order valence-corrected chi connectivity index (χ1v) is 10.5. The lowest BCUT2D eigenvalue weighted by atomic mass is 10.00. The van der Waals surface area contributed by atoms with Crippen molar-refractivity contribution in [2.75, 3.05) is 13.1 Å². The second-order valence-electron chi connectivity index (χ2n) is 7.72. The van der Waals surface area contributed by atoms with Crippen LogP contribution in [0.15, 0.2) is 30.3 Å². The summed E-state index contributed by atoms with van der Waals surface area (Å²) in [7, 11) is 0. The van der Waals surface area contributed by atoms with E-state index >= 15 is 0 Å². The number of carboxylic acid groups (broad SMARTS) is 1. The van der Waals surface area contributed by atoms with Crippen LogP contribution < -0.4 is 11.1 Å². The summed E-state index contributed by atoms with van der Waals surface area (Å²) >= 11 is 0. The average Bonchev–Trinajstić information content (AvgIpc) is 3.20. The van der Waals surface area contributed by atoms with E-state index in [1.165, 1.54) is 11.8 Å². The van der Waals surface area contributed by atoms with Gasteiger partial charge in [0, 0.05) is 6.54 Å². The Morgan fingerprint density at radius 3 is 2.52 bits per heavy atom. The Hall–Kier alpha value is -2.25.